The van der Waals surface area contributed by atoms with Crippen LogP contribution in [0.3, 0.4) is 0 Å². The predicted molar refractivity (Wildman–Crippen MR) is 69.3 cm³/mol. The number of aliphatic hydroxyl groups is 1. The second kappa shape index (κ2) is 5.08. The summed E-state index contributed by atoms with van der Waals surface area (Å²) >= 11 is 1.60. The lowest BCUT2D eigenvalue weighted by atomic mass is 10.1. The van der Waals surface area contributed by atoms with E-state index in [4.69, 9.17) is 5.11 Å². The van der Waals surface area contributed by atoms with E-state index in [0.717, 1.165) is 16.1 Å². The highest BCUT2D eigenvalue weighted by Gasteiger charge is 2.29. The molecule has 5 heteroatoms. The Hall–Kier alpha value is -1.04. The second-order valence-corrected chi connectivity index (χ2v) is 5.58. The number of likely N-dealkylation sites (N-methyl/N-ethyl adjacent to an activating group) is 1. The SMILES string of the molecule is CNC1C(=O)Nc2cc(SC(C)CO)ccc21. The summed E-state index contributed by atoms with van der Waals surface area (Å²) in [6, 6.07) is 5.65. The lowest BCUT2D eigenvalue weighted by molar-refractivity contribution is -0.117. The van der Waals surface area contributed by atoms with Crippen LogP contribution in [-0.4, -0.2) is 29.9 Å². The molecular weight excluding hydrogens is 236 g/mol. The van der Waals surface area contributed by atoms with Crippen LogP contribution in [-0.2, 0) is 4.79 Å². The van der Waals surface area contributed by atoms with Gasteiger partial charge < -0.3 is 15.7 Å². The fraction of sp³-hybridized carbons (Fsp3) is 0.417. The number of aliphatic hydroxyl groups excluding tert-OH is 1. The number of benzene rings is 1. The lowest BCUT2D eigenvalue weighted by Crippen LogP contribution is -2.23. The van der Waals surface area contributed by atoms with Gasteiger partial charge in [-0.05, 0) is 19.2 Å². The maximum absolute atomic E-state index is 11.6. The van der Waals surface area contributed by atoms with Crippen molar-refractivity contribution in [1.29, 1.82) is 0 Å². The number of rotatable bonds is 4. The molecule has 0 radical (unpaired) electrons. The van der Waals surface area contributed by atoms with Crippen LogP contribution in [0.15, 0.2) is 23.1 Å². The number of hydrogen-bond donors (Lipinski definition) is 3. The van der Waals surface area contributed by atoms with Gasteiger partial charge in [0, 0.05) is 21.4 Å². The van der Waals surface area contributed by atoms with Crippen LogP contribution in [0.25, 0.3) is 0 Å². The quantitative estimate of drug-likeness (QED) is 0.708. The molecule has 2 rings (SSSR count). The molecule has 0 saturated heterocycles. The third-order valence-electron chi connectivity index (χ3n) is 2.74. The molecular formula is C12H16N2O2S. The first-order valence-electron chi connectivity index (χ1n) is 5.55. The Balaban J connectivity index is 2.22. The summed E-state index contributed by atoms with van der Waals surface area (Å²) in [5, 5.41) is 15.0. The second-order valence-electron chi connectivity index (χ2n) is 4.07. The van der Waals surface area contributed by atoms with Gasteiger partial charge in [-0.15, -0.1) is 11.8 Å². The van der Waals surface area contributed by atoms with Gasteiger partial charge in [0.15, 0.2) is 0 Å². The fourth-order valence-electron chi connectivity index (χ4n) is 1.87. The molecule has 92 valence electrons. The summed E-state index contributed by atoms with van der Waals surface area (Å²) < 4.78 is 0. The Morgan fingerprint density at radius 1 is 1.59 bits per heavy atom. The first-order chi connectivity index (χ1) is 8.15. The van der Waals surface area contributed by atoms with Crippen molar-refractivity contribution in [3.8, 4) is 0 Å². The summed E-state index contributed by atoms with van der Waals surface area (Å²) in [5.41, 5.74) is 1.85. The molecule has 0 aromatic heterocycles. The van der Waals surface area contributed by atoms with Gasteiger partial charge in [0.05, 0.1) is 6.61 Å². The molecule has 1 aliphatic heterocycles. The van der Waals surface area contributed by atoms with E-state index < -0.39 is 0 Å². The maximum Gasteiger partial charge on any atom is 0.246 e. The van der Waals surface area contributed by atoms with Crippen molar-refractivity contribution < 1.29 is 9.90 Å². The predicted octanol–water partition coefficient (Wildman–Crippen LogP) is 1.37. The summed E-state index contributed by atoms with van der Waals surface area (Å²) in [5.74, 6) is -0.0140. The normalized spacial score (nSPS) is 19.9. The van der Waals surface area contributed by atoms with E-state index in [2.05, 4.69) is 10.6 Å². The van der Waals surface area contributed by atoms with Gasteiger partial charge in [0.1, 0.15) is 6.04 Å². The molecule has 4 nitrogen and oxygen atoms in total. The Bertz CT molecular complexity index is 437. The minimum Gasteiger partial charge on any atom is -0.395 e. The fourth-order valence-corrected chi connectivity index (χ4v) is 2.74. The van der Waals surface area contributed by atoms with Gasteiger partial charge in [-0.1, -0.05) is 13.0 Å². The smallest absolute Gasteiger partial charge is 0.246 e. The molecule has 1 aromatic rings. The van der Waals surface area contributed by atoms with Crippen LogP contribution in [0, 0.1) is 0 Å². The van der Waals surface area contributed by atoms with E-state index >= 15 is 0 Å². The van der Waals surface area contributed by atoms with Crippen molar-refractivity contribution in [3.05, 3.63) is 23.8 Å². The number of nitrogens with one attached hydrogen (secondary N) is 2. The van der Waals surface area contributed by atoms with Crippen LogP contribution in [0.5, 0.6) is 0 Å². The van der Waals surface area contributed by atoms with Crippen LogP contribution >= 0.6 is 11.8 Å². The van der Waals surface area contributed by atoms with Crippen molar-refractivity contribution in [2.75, 3.05) is 19.0 Å². The molecule has 2 atom stereocenters. The van der Waals surface area contributed by atoms with Crippen LogP contribution in [0.4, 0.5) is 5.69 Å². The molecule has 0 fully saturated rings. The van der Waals surface area contributed by atoms with Crippen molar-refractivity contribution in [1.82, 2.24) is 5.32 Å². The van der Waals surface area contributed by atoms with Gasteiger partial charge in [-0.25, -0.2) is 0 Å². The number of hydrogen-bond acceptors (Lipinski definition) is 4. The number of carbonyl (C=O) groups is 1. The highest BCUT2D eigenvalue weighted by molar-refractivity contribution is 8.00. The number of amides is 1. The Morgan fingerprint density at radius 3 is 3.00 bits per heavy atom. The van der Waals surface area contributed by atoms with E-state index in [0.29, 0.717) is 0 Å². The van der Waals surface area contributed by atoms with E-state index in [1.165, 1.54) is 0 Å². The molecule has 2 unspecified atom stereocenters. The Morgan fingerprint density at radius 2 is 2.35 bits per heavy atom. The zero-order valence-electron chi connectivity index (χ0n) is 9.86. The molecule has 1 heterocycles. The van der Waals surface area contributed by atoms with Crippen molar-refractivity contribution >= 4 is 23.4 Å². The molecule has 1 amide bonds. The highest BCUT2D eigenvalue weighted by Crippen LogP contribution is 2.34. The van der Waals surface area contributed by atoms with Gasteiger partial charge >= 0.3 is 0 Å². The summed E-state index contributed by atoms with van der Waals surface area (Å²) in [7, 11) is 1.77. The largest absolute Gasteiger partial charge is 0.395 e. The highest BCUT2D eigenvalue weighted by atomic mass is 32.2. The zero-order valence-corrected chi connectivity index (χ0v) is 10.7. The standard InChI is InChI=1S/C12H16N2O2S/c1-7(6-15)17-8-3-4-9-10(5-8)14-12(16)11(9)13-2/h3-5,7,11,13,15H,6H2,1-2H3,(H,14,16). The molecule has 17 heavy (non-hydrogen) atoms. The number of fused-ring (bicyclic) bond motifs is 1. The molecule has 0 saturated carbocycles. The number of thioether (sulfide) groups is 1. The average Bonchev–Trinajstić information content (AvgIpc) is 2.63. The molecule has 0 aliphatic carbocycles. The lowest BCUT2D eigenvalue weighted by Gasteiger charge is -2.10. The average molecular weight is 252 g/mol. The summed E-state index contributed by atoms with van der Waals surface area (Å²) in [6.45, 7) is 2.11. The van der Waals surface area contributed by atoms with E-state index in [1.807, 2.05) is 25.1 Å². The van der Waals surface area contributed by atoms with Gasteiger partial charge in [-0.3, -0.25) is 4.79 Å². The minimum absolute atomic E-state index is 0.0140. The third kappa shape index (κ3) is 2.46. The van der Waals surface area contributed by atoms with E-state index in [9.17, 15) is 4.79 Å². The van der Waals surface area contributed by atoms with Crippen LogP contribution < -0.4 is 10.6 Å². The van der Waals surface area contributed by atoms with Crippen molar-refractivity contribution in [2.24, 2.45) is 0 Å². The monoisotopic (exact) mass is 252 g/mol. The zero-order chi connectivity index (χ0) is 12.4. The van der Waals surface area contributed by atoms with Crippen molar-refractivity contribution in [3.63, 3.8) is 0 Å². The Labute approximate surface area is 105 Å². The van der Waals surface area contributed by atoms with Crippen LogP contribution in [0.2, 0.25) is 0 Å². The molecule has 1 aromatic carbocycles. The van der Waals surface area contributed by atoms with E-state index in [-0.39, 0.29) is 23.8 Å². The first-order valence-corrected chi connectivity index (χ1v) is 6.43. The summed E-state index contributed by atoms with van der Waals surface area (Å²) in [6.07, 6.45) is 0. The number of anilines is 1. The summed E-state index contributed by atoms with van der Waals surface area (Å²) in [4.78, 5) is 12.7. The van der Waals surface area contributed by atoms with Gasteiger partial charge in [0.2, 0.25) is 5.91 Å². The molecule has 3 N–H and O–H groups in total. The Kier molecular flexibility index (Phi) is 3.71. The van der Waals surface area contributed by atoms with Gasteiger partial charge in [0.25, 0.3) is 0 Å². The third-order valence-corrected chi connectivity index (χ3v) is 3.82. The first kappa shape index (κ1) is 12.4. The topological polar surface area (TPSA) is 61.4 Å². The number of carbonyl (C=O) groups excluding carboxylic acids is 1. The molecule has 0 bridgehead atoms. The molecule has 0 spiro atoms. The molecule has 1 aliphatic rings. The van der Waals surface area contributed by atoms with Gasteiger partial charge in [-0.2, -0.15) is 0 Å². The minimum atomic E-state index is -0.251. The maximum atomic E-state index is 11.6. The van der Waals surface area contributed by atoms with E-state index in [1.54, 1.807) is 18.8 Å². The van der Waals surface area contributed by atoms with Crippen LogP contribution in [0.1, 0.15) is 18.5 Å². The van der Waals surface area contributed by atoms with Crippen molar-refractivity contribution in [2.45, 2.75) is 23.1 Å².